The maximum absolute atomic E-state index is 5.82. The zero-order chi connectivity index (χ0) is 12.4. The molecule has 0 saturated heterocycles. The van der Waals surface area contributed by atoms with Crippen molar-refractivity contribution >= 4 is 21.7 Å². The molecule has 0 amide bonds. The van der Waals surface area contributed by atoms with Gasteiger partial charge >= 0.3 is 0 Å². The first kappa shape index (κ1) is 12.0. The lowest BCUT2D eigenvalue weighted by Crippen LogP contribution is -2.05. The number of hydrogen-bond donors (Lipinski definition) is 1. The normalized spacial score (nSPS) is 10.8. The molecule has 2 heterocycles. The lowest BCUT2D eigenvalue weighted by molar-refractivity contribution is 0.181. The first-order chi connectivity index (χ1) is 8.13. The van der Waals surface area contributed by atoms with Gasteiger partial charge in [-0.05, 0) is 15.9 Å². The van der Waals surface area contributed by atoms with Gasteiger partial charge in [-0.2, -0.15) is 0 Å². The third-order valence-corrected chi connectivity index (χ3v) is 3.14. The quantitative estimate of drug-likeness (QED) is 0.925. The number of aryl methyl sites for hydroxylation is 1. The summed E-state index contributed by atoms with van der Waals surface area (Å²) in [6.07, 6.45) is 3.38. The van der Waals surface area contributed by atoms with Crippen molar-refractivity contribution in [2.45, 2.75) is 6.61 Å². The number of anilines is 1. The highest BCUT2D eigenvalue weighted by molar-refractivity contribution is 9.10. The summed E-state index contributed by atoms with van der Waals surface area (Å²) in [5.74, 6) is 0.931. The molecule has 0 aliphatic rings. The summed E-state index contributed by atoms with van der Waals surface area (Å²) >= 11 is 3.34. The van der Waals surface area contributed by atoms with E-state index in [1.165, 1.54) is 0 Å². The molecule has 0 aliphatic carbocycles. The van der Waals surface area contributed by atoms with Gasteiger partial charge in [-0.15, -0.1) is 0 Å². The van der Waals surface area contributed by atoms with E-state index in [0.29, 0.717) is 22.7 Å². The molecule has 6 nitrogen and oxygen atoms in total. The van der Waals surface area contributed by atoms with Crippen LogP contribution >= 0.6 is 15.9 Å². The fourth-order valence-electron chi connectivity index (χ4n) is 1.43. The van der Waals surface area contributed by atoms with Gasteiger partial charge in [0.2, 0.25) is 0 Å². The van der Waals surface area contributed by atoms with Crippen LogP contribution in [0.25, 0.3) is 11.5 Å². The minimum Gasteiger partial charge on any atom is -0.383 e. The van der Waals surface area contributed by atoms with Gasteiger partial charge in [0, 0.05) is 14.2 Å². The van der Waals surface area contributed by atoms with Gasteiger partial charge in [0.25, 0.3) is 0 Å². The molecule has 90 valence electrons. The van der Waals surface area contributed by atoms with Crippen molar-refractivity contribution in [3.05, 3.63) is 22.7 Å². The molecule has 0 spiro atoms. The highest BCUT2D eigenvalue weighted by atomic mass is 79.9. The predicted molar refractivity (Wildman–Crippen MR) is 67.1 cm³/mol. The number of rotatable bonds is 3. The monoisotopic (exact) mass is 297 g/mol. The number of aromatic nitrogens is 4. The van der Waals surface area contributed by atoms with Crippen LogP contribution in [0.1, 0.15) is 5.69 Å². The Balaban J connectivity index is 2.53. The molecule has 2 N–H and O–H groups in total. The smallest absolute Gasteiger partial charge is 0.180 e. The van der Waals surface area contributed by atoms with Crippen LogP contribution in [0.2, 0.25) is 0 Å². The van der Waals surface area contributed by atoms with Crippen LogP contribution in [0.3, 0.4) is 0 Å². The zero-order valence-electron chi connectivity index (χ0n) is 9.51. The Bertz CT molecular complexity index is 539. The predicted octanol–water partition coefficient (Wildman–Crippen LogP) is 1.37. The van der Waals surface area contributed by atoms with Crippen LogP contribution in [-0.2, 0) is 18.4 Å². The number of nitrogen functional groups attached to an aromatic ring is 1. The Labute approximate surface area is 107 Å². The summed E-state index contributed by atoms with van der Waals surface area (Å²) in [6, 6.07) is 0. The molecule has 2 rings (SSSR count). The molecule has 2 aromatic heterocycles. The summed E-state index contributed by atoms with van der Waals surface area (Å²) in [7, 11) is 3.48. The number of halogens is 1. The average Bonchev–Trinajstić information content (AvgIpc) is 2.71. The van der Waals surface area contributed by atoms with Crippen LogP contribution in [0.5, 0.6) is 0 Å². The molecule has 0 unspecified atom stereocenters. The van der Waals surface area contributed by atoms with Gasteiger partial charge in [-0.3, -0.25) is 0 Å². The fraction of sp³-hybridized carbons (Fsp3) is 0.300. The molecule has 7 heteroatoms. The van der Waals surface area contributed by atoms with E-state index in [2.05, 4.69) is 30.9 Å². The second-order valence-corrected chi connectivity index (χ2v) is 4.31. The van der Waals surface area contributed by atoms with Gasteiger partial charge in [-0.25, -0.2) is 15.0 Å². The first-order valence-corrected chi connectivity index (χ1v) is 5.70. The van der Waals surface area contributed by atoms with E-state index < -0.39 is 0 Å². The largest absolute Gasteiger partial charge is 0.383 e. The Morgan fingerprint density at radius 3 is 2.82 bits per heavy atom. The first-order valence-electron chi connectivity index (χ1n) is 4.91. The standard InChI is InChI=1S/C10H12BrN5O/c1-16-5-13-3-7(16)10-14-6(4-17-2)8(11)9(12)15-10/h3,5H,4H2,1-2H3,(H2,12,14,15). The second kappa shape index (κ2) is 4.80. The molecule has 0 fully saturated rings. The summed E-state index contributed by atoms with van der Waals surface area (Å²) in [5, 5.41) is 0. The highest BCUT2D eigenvalue weighted by Crippen LogP contribution is 2.25. The minimum absolute atomic E-state index is 0.373. The van der Waals surface area contributed by atoms with E-state index in [0.717, 1.165) is 11.4 Å². The Morgan fingerprint density at radius 2 is 2.24 bits per heavy atom. The number of imidazole rings is 1. The van der Waals surface area contributed by atoms with E-state index in [9.17, 15) is 0 Å². The van der Waals surface area contributed by atoms with Crippen LogP contribution in [-0.4, -0.2) is 26.6 Å². The minimum atomic E-state index is 0.373. The summed E-state index contributed by atoms with van der Waals surface area (Å²) < 4.78 is 7.57. The number of nitrogens with two attached hydrogens (primary N) is 1. The molecule has 0 bridgehead atoms. The lowest BCUT2D eigenvalue weighted by atomic mass is 10.3. The number of methoxy groups -OCH3 is 1. The van der Waals surface area contributed by atoms with E-state index in [1.807, 2.05) is 11.6 Å². The van der Waals surface area contributed by atoms with Gasteiger partial charge in [0.05, 0.1) is 29.3 Å². The summed E-state index contributed by atoms with van der Waals surface area (Å²) in [6.45, 7) is 0.373. The molecule has 0 radical (unpaired) electrons. The maximum atomic E-state index is 5.82. The molecule has 0 aromatic carbocycles. The third kappa shape index (κ3) is 2.29. The SMILES string of the molecule is COCc1nc(-c2cncn2C)nc(N)c1Br. The van der Waals surface area contributed by atoms with E-state index in [1.54, 1.807) is 19.6 Å². The molecule has 2 aromatic rings. The number of ether oxygens (including phenoxy) is 1. The lowest BCUT2D eigenvalue weighted by Gasteiger charge is -2.08. The Kier molecular flexibility index (Phi) is 3.39. The van der Waals surface area contributed by atoms with Crippen molar-refractivity contribution in [3.8, 4) is 11.5 Å². The summed E-state index contributed by atoms with van der Waals surface area (Å²) in [5.41, 5.74) is 7.35. The molecular weight excluding hydrogens is 286 g/mol. The Morgan fingerprint density at radius 1 is 1.47 bits per heavy atom. The number of hydrogen-bond acceptors (Lipinski definition) is 5. The molecular formula is C10H12BrN5O. The van der Waals surface area contributed by atoms with Gasteiger partial charge in [0.15, 0.2) is 5.82 Å². The van der Waals surface area contributed by atoms with Gasteiger partial charge in [0.1, 0.15) is 11.5 Å². The zero-order valence-corrected chi connectivity index (χ0v) is 11.1. The van der Waals surface area contributed by atoms with Crippen molar-refractivity contribution in [1.29, 1.82) is 0 Å². The highest BCUT2D eigenvalue weighted by Gasteiger charge is 2.13. The molecule has 17 heavy (non-hydrogen) atoms. The van der Waals surface area contributed by atoms with E-state index >= 15 is 0 Å². The molecule has 0 aliphatic heterocycles. The van der Waals surface area contributed by atoms with Crippen LogP contribution in [0, 0.1) is 0 Å². The van der Waals surface area contributed by atoms with Crippen LogP contribution in [0.4, 0.5) is 5.82 Å². The number of nitrogens with zero attached hydrogens (tertiary/aromatic N) is 4. The van der Waals surface area contributed by atoms with Crippen LogP contribution < -0.4 is 5.73 Å². The Hall–Kier alpha value is -1.47. The van der Waals surface area contributed by atoms with Crippen molar-refractivity contribution in [2.75, 3.05) is 12.8 Å². The topological polar surface area (TPSA) is 78.9 Å². The van der Waals surface area contributed by atoms with E-state index in [-0.39, 0.29) is 0 Å². The summed E-state index contributed by atoms with van der Waals surface area (Å²) in [4.78, 5) is 12.6. The van der Waals surface area contributed by atoms with Crippen LogP contribution in [0.15, 0.2) is 17.0 Å². The van der Waals surface area contributed by atoms with Gasteiger partial charge < -0.3 is 15.0 Å². The average molecular weight is 298 g/mol. The van der Waals surface area contributed by atoms with Gasteiger partial charge in [-0.1, -0.05) is 0 Å². The van der Waals surface area contributed by atoms with Crippen molar-refractivity contribution in [3.63, 3.8) is 0 Å². The van der Waals surface area contributed by atoms with Crippen molar-refractivity contribution < 1.29 is 4.74 Å². The van der Waals surface area contributed by atoms with Crippen molar-refractivity contribution in [2.24, 2.45) is 7.05 Å². The van der Waals surface area contributed by atoms with E-state index in [4.69, 9.17) is 10.5 Å². The van der Waals surface area contributed by atoms with Crippen molar-refractivity contribution in [1.82, 2.24) is 19.5 Å². The molecule has 0 saturated carbocycles. The second-order valence-electron chi connectivity index (χ2n) is 3.52. The third-order valence-electron chi connectivity index (χ3n) is 2.27. The fourth-order valence-corrected chi connectivity index (χ4v) is 1.72. The maximum Gasteiger partial charge on any atom is 0.180 e. The molecule has 0 atom stereocenters.